The lowest BCUT2D eigenvalue weighted by Crippen LogP contribution is -2.40. The summed E-state index contributed by atoms with van der Waals surface area (Å²) in [5.41, 5.74) is 0.696. The van der Waals surface area contributed by atoms with Gasteiger partial charge in [0.2, 0.25) is 0 Å². The van der Waals surface area contributed by atoms with Gasteiger partial charge in [-0.15, -0.1) is 0 Å². The number of hydrogen-bond donors (Lipinski definition) is 1. The first-order chi connectivity index (χ1) is 8.41. The van der Waals surface area contributed by atoms with Gasteiger partial charge in [-0.3, -0.25) is 0 Å². The minimum atomic E-state index is 0.0910. The summed E-state index contributed by atoms with van der Waals surface area (Å²) in [6.07, 6.45) is 5.15. The van der Waals surface area contributed by atoms with Crippen molar-refractivity contribution in [3.8, 4) is 0 Å². The number of thiol groups is 1. The second-order valence-corrected chi connectivity index (χ2v) is 9.03. The van der Waals surface area contributed by atoms with Crippen molar-refractivity contribution in [3.63, 3.8) is 0 Å². The Hall–Kier alpha value is 0.350. The van der Waals surface area contributed by atoms with Crippen LogP contribution in [0.1, 0.15) is 94.9 Å². The van der Waals surface area contributed by atoms with E-state index in [-0.39, 0.29) is 4.75 Å². The molecular formula is C18H40S. The van der Waals surface area contributed by atoms with E-state index >= 15 is 0 Å². The van der Waals surface area contributed by atoms with E-state index in [1.54, 1.807) is 0 Å². The van der Waals surface area contributed by atoms with Crippen LogP contribution in [0.2, 0.25) is 0 Å². The number of hydrogen-bond acceptors (Lipinski definition) is 1. The molecule has 0 aromatic heterocycles. The van der Waals surface area contributed by atoms with E-state index in [0.717, 1.165) is 5.92 Å². The van der Waals surface area contributed by atoms with Crippen LogP contribution in [0.25, 0.3) is 0 Å². The largest absolute Gasteiger partial charge is 0.173 e. The highest BCUT2D eigenvalue weighted by Crippen LogP contribution is 2.48. The molecule has 0 amide bonds. The monoisotopic (exact) mass is 288 g/mol. The zero-order chi connectivity index (χ0) is 15.9. The summed E-state index contributed by atoms with van der Waals surface area (Å²) in [6, 6.07) is 0. The molecule has 0 aromatic rings. The maximum Gasteiger partial charge on any atom is 0.0127 e. The lowest BCUT2D eigenvalue weighted by Gasteiger charge is -2.45. The van der Waals surface area contributed by atoms with E-state index in [1.165, 1.54) is 25.7 Å². The van der Waals surface area contributed by atoms with E-state index in [2.05, 4.69) is 55.4 Å². The topological polar surface area (TPSA) is 0 Å². The highest BCUT2D eigenvalue weighted by molar-refractivity contribution is 7.81. The summed E-state index contributed by atoms with van der Waals surface area (Å²) in [4.78, 5) is 0. The zero-order valence-electron chi connectivity index (χ0n) is 15.4. The highest BCUT2D eigenvalue weighted by atomic mass is 32.1. The van der Waals surface area contributed by atoms with Gasteiger partial charge in [0.1, 0.15) is 0 Å². The molecule has 2 atom stereocenters. The molecule has 0 bridgehead atoms. The third-order valence-electron chi connectivity index (χ3n) is 4.28. The Kier molecular flexibility index (Phi) is 9.79. The third kappa shape index (κ3) is 9.00. The van der Waals surface area contributed by atoms with Crippen LogP contribution in [-0.4, -0.2) is 4.75 Å². The van der Waals surface area contributed by atoms with Gasteiger partial charge < -0.3 is 0 Å². The van der Waals surface area contributed by atoms with Crippen LogP contribution < -0.4 is 0 Å². The Balaban J connectivity index is 0. The van der Waals surface area contributed by atoms with Crippen LogP contribution in [0.4, 0.5) is 0 Å². The second-order valence-electron chi connectivity index (χ2n) is 7.91. The maximum absolute atomic E-state index is 4.88. The van der Waals surface area contributed by atoms with Gasteiger partial charge >= 0.3 is 0 Å². The molecule has 2 unspecified atom stereocenters. The minimum absolute atomic E-state index is 0.0910. The Morgan fingerprint density at radius 3 is 1.63 bits per heavy atom. The van der Waals surface area contributed by atoms with Crippen molar-refractivity contribution in [1.29, 1.82) is 0 Å². The fraction of sp³-hybridized carbons (Fsp3) is 1.00. The van der Waals surface area contributed by atoms with Crippen LogP contribution in [0, 0.1) is 16.7 Å². The summed E-state index contributed by atoms with van der Waals surface area (Å²) < 4.78 is 0.0910. The van der Waals surface area contributed by atoms with Crippen LogP contribution in [0.15, 0.2) is 0 Å². The normalized spacial score (nSPS) is 17.2. The standard InChI is InChI=1S/C16H34S.C2H6/c1-9-13(2)10-11-16(8,15(6,7)17)12-14(3,4)5;1-2/h13,17H,9-12H2,1-8H3;1-2H3. The molecular weight excluding hydrogens is 248 g/mol. The van der Waals surface area contributed by atoms with Crippen molar-refractivity contribution in [1.82, 2.24) is 0 Å². The van der Waals surface area contributed by atoms with Gasteiger partial charge in [-0.2, -0.15) is 12.6 Å². The van der Waals surface area contributed by atoms with E-state index in [0.29, 0.717) is 10.8 Å². The lowest BCUT2D eigenvalue weighted by molar-refractivity contribution is 0.129. The molecule has 0 aromatic carbocycles. The molecule has 0 aliphatic heterocycles. The molecule has 0 nitrogen and oxygen atoms in total. The van der Waals surface area contributed by atoms with Gasteiger partial charge in [0.05, 0.1) is 0 Å². The van der Waals surface area contributed by atoms with Crippen LogP contribution in [-0.2, 0) is 0 Å². The van der Waals surface area contributed by atoms with Gasteiger partial charge in [0, 0.05) is 4.75 Å². The Morgan fingerprint density at radius 1 is 0.947 bits per heavy atom. The molecule has 0 saturated heterocycles. The van der Waals surface area contributed by atoms with Gasteiger partial charge in [-0.1, -0.05) is 82.1 Å². The molecule has 0 fully saturated rings. The van der Waals surface area contributed by atoms with Crippen molar-refractivity contribution in [2.75, 3.05) is 0 Å². The smallest absolute Gasteiger partial charge is 0.0127 e. The molecule has 0 aliphatic carbocycles. The van der Waals surface area contributed by atoms with E-state index in [1.807, 2.05) is 13.8 Å². The SMILES string of the molecule is CC.CCC(C)CCC(C)(CC(C)(C)C)C(C)(C)S. The molecule has 1 heteroatoms. The van der Waals surface area contributed by atoms with Gasteiger partial charge in [0.25, 0.3) is 0 Å². The Morgan fingerprint density at radius 2 is 1.37 bits per heavy atom. The second kappa shape index (κ2) is 8.60. The Bertz CT molecular complexity index is 219. The molecule has 0 aliphatic rings. The quantitative estimate of drug-likeness (QED) is 0.500. The van der Waals surface area contributed by atoms with E-state index in [9.17, 15) is 0 Å². The summed E-state index contributed by atoms with van der Waals surface area (Å²) >= 11 is 4.88. The summed E-state index contributed by atoms with van der Waals surface area (Å²) in [6.45, 7) is 22.7. The Labute approximate surface area is 129 Å². The van der Waals surface area contributed by atoms with Crippen LogP contribution >= 0.6 is 12.6 Å². The van der Waals surface area contributed by atoms with Gasteiger partial charge in [0.15, 0.2) is 0 Å². The van der Waals surface area contributed by atoms with Crippen molar-refractivity contribution < 1.29 is 0 Å². The molecule has 0 radical (unpaired) electrons. The van der Waals surface area contributed by atoms with E-state index < -0.39 is 0 Å². The van der Waals surface area contributed by atoms with Crippen molar-refractivity contribution >= 4 is 12.6 Å². The first-order valence-electron chi connectivity index (χ1n) is 8.14. The third-order valence-corrected chi connectivity index (χ3v) is 4.82. The molecule has 0 rings (SSSR count). The van der Waals surface area contributed by atoms with Crippen molar-refractivity contribution in [2.45, 2.75) is 99.7 Å². The lowest BCUT2D eigenvalue weighted by atomic mass is 9.65. The zero-order valence-corrected chi connectivity index (χ0v) is 16.2. The molecule has 0 saturated carbocycles. The molecule has 19 heavy (non-hydrogen) atoms. The molecule has 0 spiro atoms. The highest BCUT2D eigenvalue weighted by Gasteiger charge is 2.40. The summed E-state index contributed by atoms with van der Waals surface area (Å²) in [5.74, 6) is 0.838. The van der Waals surface area contributed by atoms with Crippen molar-refractivity contribution in [3.05, 3.63) is 0 Å². The predicted molar refractivity (Wildman–Crippen MR) is 95.3 cm³/mol. The van der Waals surface area contributed by atoms with Crippen LogP contribution in [0.5, 0.6) is 0 Å². The van der Waals surface area contributed by atoms with Gasteiger partial charge in [-0.25, -0.2) is 0 Å². The number of rotatable bonds is 6. The van der Waals surface area contributed by atoms with Crippen LogP contribution in [0.3, 0.4) is 0 Å². The van der Waals surface area contributed by atoms with Gasteiger partial charge in [-0.05, 0) is 29.6 Å². The van der Waals surface area contributed by atoms with E-state index in [4.69, 9.17) is 12.6 Å². The maximum atomic E-state index is 4.88. The summed E-state index contributed by atoms with van der Waals surface area (Å²) in [7, 11) is 0. The fourth-order valence-corrected chi connectivity index (χ4v) is 2.74. The summed E-state index contributed by atoms with van der Waals surface area (Å²) in [5, 5.41) is 0. The molecule has 0 N–H and O–H groups in total. The fourth-order valence-electron chi connectivity index (χ4n) is 2.55. The molecule has 118 valence electrons. The first-order valence-corrected chi connectivity index (χ1v) is 8.58. The average molecular weight is 289 g/mol. The predicted octanol–water partition coefficient (Wildman–Crippen LogP) is 6.99. The average Bonchev–Trinajstić information content (AvgIpc) is 2.25. The molecule has 0 heterocycles. The minimum Gasteiger partial charge on any atom is -0.173 e. The van der Waals surface area contributed by atoms with Crippen molar-refractivity contribution in [2.24, 2.45) is 16.7 Å². The first kappa shape index (κ1) is 21.6.